The minimum absolute atomic E-state index is 0.865. The summed E-state index contributed by atoms with van der Waals surface area (Å²) in [7, 11) is 0. The van der Waals surface area contributed by atoms with Gasteiger partial charge in [0.1, 0.15) is 0 Å². The van der Waals surface area contributed by atoms with E-state index in [4.69, 9.17) is 4.84 Å². The van der Waals surface area contributed by atoms with Gasteiger partial charge in [-0.15, -0.1) is 6.58 Å². The summed E-state index contributed by atoms with van der Waals surface area (Å²) in [6.07, 6.45) is 17.7. The van der Waals surface area contributed by atoms with E-state index in [1.807, 2.05) is 6.08 Å². The maximum absolute atomic E-state index is 5.42. The van der Waals surface area contributed by atoms with Crippen LogP contribution in [0.1, 0.15) is 84.0 Å². The highest BCUT2D eigenvalue weighted by Crippen LogP contribution is 2.06. The standard InChI is InChI=1S/C17H35NO/c1-3-5-7-9-11-13-15-17-19-18-16-14-12-10-8-6-4-2/h4,18H,2-3,5-17H2,1H3. The molecular formula is C17H35NO. The van der Waals surface area contributed by atoms with E-state index in [1.54, 1.807) is 0 Å². The van der Waals surface area contributed by atoms with E-state index in [1.165, 1.54) is 70.6 Å². The predicted molar refractivity (Wildman–Crippen MR) is 85.2 cm³/mol. The molecule has 0 saturated heterocycles. The summed E-state index contributed by atoms with van der Waals surface area (Å²) in [4.78, 5) is 5.42. The SMILES string of the molecule is C=CCCCCCCNOCCCCCCCCC. The van der Waals surface area contributed by atoms with Crippen molar-refractivity contribution in [1.29, 1.82) is 0 Å². The van der Waals surface area contributed by atoms with Gasteiger partial charge in [0.15, 0.2) is 0 Å². The van der Waals surface area contributed by atoms with Crippen molar-refractivity contribution in [3.63, 3.8) is 0 Å². The molecule has 0 aromatic heterocycles. The second-order valence-corrected chi connectivity index (χ2v) is 5.36. The van der Waals surface area contributed by atoms with Gasteiger partial charge in [0.2, 0.25) is 0 Å². The summed E-state index contributed by atoms with van der Waals surface area (Å²) in [5, 5.41) is 0. The molecule has 0 spiro atoms. The smallest absolute Gasteiger partial charge is 0.0682 e. The first-order valence-electron chi connectivity index (χ1n) is 8.37. The molecule has 0 aromatic rings. The molecule has 114 valence electrons. The van der Waals surface area contributed by atoms with E-state index in [2.05, 4.69) is 19.0 Å². The van der Waals surface area contributed by atoms with E-state index in [-0.39, 0.29) is 0 Å². The Balaban J connectivity index is 2.89. The fourth-order valence-electron chi connectivity index (χ4n) is 2.12. The largest absolute Gasteiger partial charge is 0.302 e. The minimum Gasteiger partial charge on any atom is -0.302 e. The van der Waals surface area contributed by atoms with Crippen molar-refractivity contribution < 1.29 is 4.84 Å². The van der Waals surface area contributed by atoms with Crippen LogP contribution < -0.4 is 5.48 Å². The first kappa shape index (κ1) is 18.7. The highest BCUT2D eigenvalue weighted by molar-refractivity contribution is 4.65. The normalized spacial score (nSPS) is 10.8. The molecule has 0 amide bonds. The third kappa shape index (κ3) is 17.7. The zero-order valence-corrected chi connectivity index (χ0v) is 13.1. The van der Waals surface area contributed by atoms with Crippen LogP contribution in [-0.4, -0.2) is 13.2 Å². The lowest BCUT2D eigenvalue weighted by Crippen LogP contribution is -2.16. The fourth-order valence-corrected chi connectivity index (χ4v) is 2.12. The number of hydrogen-bond donors (Lipinski definition) is 1. The molecule has 0 aromatic carbocycles. The van der Waals surface area contributed by atoms with Gasteiger partial charge in [-0.3, -0.25) is 0 Å². The predicted octanol–water partition coefficient (Wildman–Crippen LogP) is 5.39. The lowest BCUT2D eigenvalue weighted by molar-refractivity contribution is 0.0376. The Hall–Kier alpha value is -0.340. The zero-order chi connectivity index (χ0) is 14.0. The third-order valence-corrected chi connectivity index (χ3v) is 3.39. The van der Waals surface area contributed by atoms with Crippen molar-refractivity contribution in [3.05, 3.63) is 12.7 Å². The Kier molecular flexibility index (Phi) is 17.3. The van der Waals surface area contributed by atoms with Gasteiger partial charge < -0.3 is 4.84 Å². The second-order valence-electron chi connectivity index (χ2n) is 5.36. The van der Waals surface area contributed by atoms with E-state index in [0.29, 0.717) is 0 Å². The minimum atomic E-state index is 0.865. The average Bonchev–Trinajstić information content (AvgIpc) is 2.43. The van der Waals surface area contributed by atoms with Crippen molar-refractivity contribution in [2.75, 3.05) is 13.2 Å². The first-order valence-corrected chi connectivity index (χ1v) is 8.37. The van der Waals surface area contributed by atoms with Gasteiger partial charge in [0.05, 0.1) is 6.61 Å². The summed E-state index contributed by atoms with van der Waals surface area (Å²) in [6.45, 7) is 7.85. The third-order valence-electron chi connectivity index (χ3n) is 3.39. The number of unbranched alkanes of at least 4 members (excludes halogenated alkanes) is 10. The van der Waals surface area contributed by atoms with Crippen LogP contribution in [0.5, 0.6) is 0 Å². The van der Waals surface area contributed by atoms with Gasteiger partial charge in [-0.2, -0.15) is 0 Å². The quantitative estimate of drug-likeness (QED) is 0.230. The van der Waals surface area contributed by atoms with Gasteiger partial charge in [-0.25, -0.2) is 5.48 Å². The van der Waals surface area contributed by atoms with Crippen molar-refractivity contribution >= 4 is 0 Å². The molecule has 0 fully saturated rings. The topological polar surface area (TPSA) is 21.3 Å². The molecular weight excluding hydrogens is 234 g/mol. The number of rotatable bonds is 16. The van der Waals surface area contributed by atoms with Crippen LogP contribution in [0.3, 0.4) is 0 Å². The van der Waals surface area contributed by atoms with Gasteiger partial charge in [-0.1, -0.05) is 64.4 Å². The molecule has 0 aliphatic rings. The number of hydrogen-bond acceptors (Lipinski definition) is 2. The van der Waals surface area contributed by atoms with Gasteiger partial charge >= 0.3 is 0 Å². The Morgan fingerprint density at radius 3 is 2.21 bits per heavy atom. The highest BCUT2D eigenvalue weighted by Gasteiger charge is 1.92. The van der Waals surface area contributed by atoms with Crippen LogP contribution in [0.2, 0.25) is 0 Å². The zero-order valence-electron chi connectivity index (χ0n) is 13.1. The fraction of sp³-hybridized carbons (Fsp3) is 0.882. The molecule has 2 heteroatoms. The van der Waals surface area contributed by atoms with Crippen LogP contribution in [0, 0.1) is 0 Å². The maximum atomic E-state index is 5.42. The Bertz CT molecular complexity index is 171. The van der Waals surface area contributed by atoms with E-state index in [0.717, 1.165) is 19.6 Å². The molecule has 0 heterocycles. The molecule has 1 N–H and O–H groups in total. The Morgan fingerprint density at radius 1 is 0.842 bits per heavy atom. The molecule has 19 heavy (non-hydrogen) atoms. The monoisotopic (exact) mass is 269 g/mol. The summed E-state index contributed by atoms with van der Waals surface area (Å²) >= 11 is 0. The Morgan fingerprint density at radius 2 is 1.47 bits per heavy atom. The van der Waals surface area contributed by atoms with Crippen LogP contribution in [-0.2, 0) is 4.84 Å². The number of nitrogens with one attached hydrogen (secondary N) is 1. The molecule has 0 bridgehead atoms. The molecule has 0 rings (SSSR count). The van der Waals surface area contributed by atoms with Gasteiger partial charge in [0.25, 0.3) is 0 Å². The van der Waals surface area contributed by atoms with E-state index < -0.39 is 0 Å². The maximum Gasteiger partial charge on any atom is 0.0682 e. The van der Waals surface area contributed by atoms with Crippen molar-refractivity contribution in [3.8, 4) is 0 Å². The number of allylic oxidation sites excluding steroid dienone is 1. The van der Waals surface area contributed by atoms with Crippen LogP contribution in [0.15, 0.2) is 12.7 Å². The average molecular weight is 269 g/mol. The highest BCUT2D eigenvalue weighted by atomic mass is 16.6. The molecule has 0 aliphatic carbocycles. The first-order chi connectivity index (χ1) is 9.41. The summed E-state index contributed by atoms with van der Waals surface area (Å²) in [5.41, 5.74) is 3.07. The van der Waals surface area contributed by atoms with Crippen LogP contribution in [0.4, 0.5) is 0 Å². The van der Waals surface area contributed by atoms with Crippen LogP contribution >= 0.6 is 0 Å². The Labute approximate surface area is 121 Å². The summed E-state index contributed by atoms with van der Waals surface area (Å²) in [6, 6.07) is 0. The second kappa shape index (κ2) is 17.7. The van der Waals surface area contributed by atoms with Crippen molar-refractivity contribution in [2.24, 2.45) is 0 Å². The van der Waals surface area contributed by atoms with Crippen LogP contribution in [0.25, 0.3) is 0 Å². The lowest BCUT2D eigenvalue weighted by Gasteiger charge is -2.05. The molecule has 2 nitrogen and oxygen atoms in total. The molecule has 0 radical (unpaired) electrons. The number of hydroxylamine groups is 1. The van der Waals surface area contributed by atoms with Crippen molar-refractivity contribution in [2.45, 2.75) is 84.0 Å². The van der Waals surface area contributed by atoms with E-state index >= 15 is 0 Å². The molecule has 0 saturated carbocycles. The molecule has 0 unspecified atom stereocenters. The summed E-state index contributed by atoms with van der Waals surface area (Å²) < 4.78 is 0. The lowest BCUT2D eigenvalue weighted by atomic mass is 10.1. The van der Waals surface area contributed by atoms with Gasteiger partial charge in [-0.05, 0) is 25.7 Å². The van der Waals surface area contributed by atoms with Gasteiger partial charge in [0, 0.05) is 6.54 Å². The van der Waals surface area contributed by atoms with E-state index in [9.17, 15) is 0 Å². The summed E-state index contributed by atoms with van der Waals surface area (Å²) in [5.74, 6) is 0. The molecule has 0 aliphatic heterocycles. The van der Waals surface area contributed by atoms with Crippen molar-refractivity contribution in [1.82, 2.24) is 5.48 Å². The molecule has 0 atom stereocenters.